The topological polar surface area (TPSA) is 67.2 Å². The number of nitriles is 1. The quantitative estimate of drug-likeness (QED) is 0.812. The lowest BCUT2D eigenvalue weighted by molar-refractivity contribution is 0.310. The smallest absolute Gasteiger partial charge is 0.264 e. The zero-order valence-electron chi connectivity index (χ0n) is 12.8. The molecular weight excluding hydrogens is 298 g/mol. The van der Waals surface area contributed by atoms with Crippen molar-refractivity contribution in [3.05, 3.63) is 58.7 Å². The van der Waals surface area contributed by atoms with Crippen LogP contribution in [0.4, 0.5) is 0 Å². The molecule has 0 aliphatic rings. The van der Waals surface area contributed by atoms with Crippen LogP contribution in [0.2, 0.25) is 0 Å². The van der Waals surface area contributed by atoms with E-state index >= 15 is 0 Å². The minimum Gasteiger partial charge on any atom is -0.265 e. The third-order valence-electron chi connectivity index (χ3n) is 3.59. The number of hydrogen-bond donors (Lipinski definition) is 0. The molecule has 0 amide bonds. The van der Waals surface area contributed by atoms with Gasteiger partial charge in [0, 0.05) is 0 Å². The van der Waals surface area contributed by atoms with Crippen molar-refractivity contribution in [3.8, 4) is 17.2 Å². The largest absolute Gasteiger partial charge is 0.265 e. The second kappa shape index (κ2) is 6.30. The van der Waals surface area contributed by atoms with Gasteiger partial charge in [-0.3, -0.25) is 4.18 Å². The van der Waals surface area contributed by atoms with Crippen LogP contribution in [0.5, 0.6) is 0 Å². The van der Waals surface area contributed by atoms with Gasteiger partial charge < -0.3 is 0 Å². The maximum absolute atomic E-state index is 11.2. The summed E-state index contributed by atoms with van der Waals surface area (Å²) in [6.45, 7) is 3.82. The highest BCUT2D eigenvalue weighted by Crippen LogP contribution is 2.30. The maximum atomic E-state index is 11.2. The Balaban J connectivity index is 2.54. The molecule has 0 bridgehead atoms. The fraction of sp³-hybridized carbons (Fsp3) is 0.235. The van der Waals surface area contributed by atoms with Crippen LogP contribution in [-0.4, -0.2) is 14.7 Å². The van der Waals surface area contributed by atoms with Crippen molar-refractivity contribution < 1.29 is 12.6 Å². The number of benzene rings is 2. The highest BCUT2D eigenvalue weighted by molar-refractivity contribution is 7.85. The molecule has 0 atom stereocenters. The van der Waals surface area contributed by atoms with Gasteiger partial charge in [-0.1, -0.05) is 30.3 Å². The van der Waals surface area contributed by atoms with Crippen molar-refractivity contribution in [1.29, 1.82) is 5.26 Å². The van der Waals surface area contributed by atoms with Gasteiger partial charge in [0.2, 0.25) is 0 Å². The molecule has 22 heavy (non-hydrogen) atoms. The van der Waals surface area contributed by atoms with E-state index < -0.39 is 10.1 Å². The minimum absolute atomic E-state index is 0.000932. The van der Waals surface area contributed by atoms with E-state index in [2.05, 4.69) is 6.07 Å². The Hall–Kier alpha value is -2.16. The van der Waals surface area contributed by atoms with Crippen LogP contribution >= 0.6 is 0 Å². The third kappa shape index (κ3) is 3.53. The molecule has 5 heteroatoms. The molecule has 0 aliphatic heterocycles. The summed E-state index contributed by atoms with van der Waals surface area (Å²) >= 11 is 0. The van der Waals surface area contributed by atoms with Gasteiger partial charge in [-0.05, 0) is 47.7 Å². The molecule has 0 aliphatic carbocycles. The highest BCUT2D eigenvalue weighted by Gasteiger charge is 2.13. The molecule has 0 spiro atoms. The summed E-state index contributed by atoms with van der Waals surface area (Å²) in [6, 6.07) is 13.4. The average Bonchev–Trinajstić information content (AvgIpc) is 2.46. The molecule has 0 heterocycles. The van der Waals surface area contributed by atoms with Crippen LogP contribution in [0.3, 0.4) is 0 Å². The van der Waals surface area contributed by atoms with Crippen LogP contribution in [-0.2, 0) is 20.9 Å². The molecule has 0 saturated carbocycles. The molecule has 4 nitrogen and oxygen atoms in total. The zero-order valence-corrected chi connectivity index (χ0v) is 13.6. The van der Waals surface area contributed by atoms with Gasteiger partial charge in [-0.15, -0.1) is 0 Å². The van der Waals surface area contributed by atoms with Gasteiger partial charge in [-0.2, -0.15) is 13.7 Å². The first-order valence-electron chi connectivity index (χ1n) is 6.76. The molecule has 2 aromatic rings. The molecule has 0 fully saturated rings. The van der Waals surface area contributed by atoms with Crippen molar-refractivity contribution in [2.24, 2.45) is 0 Å². The standard InChI is InChI=1S/C17H17NO3S/c1-12-8-9-15(16-7-5-4-6-14(16)10-18)13(2)17(12)11-21-22(3,19)20/h4-9H,11H2,1-3H3. The normalized spacial score (nSPS) is 11.2. The average molecular weight is 315 g/mol. The first kappa shape index (κ1) is 16.2. The molecule has 2 aromatic carbocycles. The van der Waals surface area contributed by atoms with E-state index in [0.29, 0.717) is 5.56 Å². The molecule has 0 saturated heterocycles. The fourth-order valence-electron chi connectivity index (χ4n) is 2.39. The van der Waals surface area contributed by atoms with Gasteiger partial charge in [-0.25, -0.2) is 0 Å². The summed E-state index contributed by atoms with van der Waals surface area (Å²) in [5, 5.41) is 9.25. The predicted octanol–water partition coefficient (Wildman–Crippen LogP) is 3.32. The summed E-state index contributed by atoms with van der Waals surface area (Å²) in [6.07, 6.45) is 1.03. The van der Waals surface area contributed by atoms with Crippen LogP contribution in [0.1, 0.15) is 22.3 Å². The maximum Gasteiger partial charge on any atom is 0.264 e. The Morgan fingerprint density at radius 1 is 1.09 bits per heavy atom. The van der Waals surface area contributed by atoms with Crippen molar-refractivity contribution in [2.45, 2.75) is 20.5 Å². The second-order valence-electron chi connectivity index (χ2n) is 5.16. The van der Waals surface area contributed by atoms with E-state index in [-0.39, 0.29) is 6.61 Å². The Bertz CT molecular complexity index is 849. The fourth-order valence-corrected chi connectivity index (χ4v) is 2.72. The monoisotopic (exact) mass is 315 g/mol. The molecule has 0 aromatic heterocycles. The molecular formula is C17H17NO3S. The van der Waals surface area contributed by atoms with E-state index in [1.165, 1.54) is 0 Å². The Morgan fingerprint density at radius 2 is 1.77 bits per heavy atom. The van der Waals surface area contributed by atoms with Crippen LogP contribution in [0.15, 0.2) is 36.4 Å². The summed E-state index contributed by atoms with van der Waals surface area (Å²) in [5.74, 6) is 0. The van der Waals surface area contributed by atoms with E-state index in [4.69, 9.17) is 4.18 Å². The van der Waals surface area contributed by atoms with Crippen molar-refractivity contribution in [2.75, 3.05) is 6.26 Å². The Labute approximate surface area is 131 Å². The molecule has 0 unspecified atom stereocenters. The number of aryl methyl sites for hydroxylation is 1. The van der Waals surface area contributed by atoms with Gasteiger partial charge in [0.15, 0.2) is 0 Å². The molecule has 0 radical (unpaired) electrons. The van der Waals surface area contributed by atoms with Gasteiger partial charge in [0.25, 0.3) is 10.1 Å². The molecule has 2 rings (SSSR count). The van der Waals surface area contributed by atoms with E-state index in [0.717, 1.165) is 34.1 Å². The van der Waals surface area contributed by atoms with Crippen LogP contribution < -0.4 is 0 Å². The Kier molecular flexibility index (Phi) is 4.65. The number of nitrogens with zero attached hydrogens (tertiary/aromatic N) is 1. The number of hydrogen-bond acceptors (Lipinski definition) is 4. The zero-order chi connectivity index (χ0) is 16.3. The first-order valence-corrected chi connectivity index (χ1v) is 8.58. The minimum atomic E-state index is -3.50. The summed E-state index contributed by atoms with van der Waals surface area (Å²) in [4.78, 5) is 0. The van der Waals surface area contributed by atoms with Crippen molar-refractivity contribution >= 4 is 10.1 Å². The lowest BCUT2D eigenvalue weighted by Gasteiger charge is -2.15. The van der Waals surface area contributed by atoms with Gasteiger partial charge in [0.1, 0.15) is 0 Å². The van der Waals surface area contributed by atoms with E-state index in [9.17, 15) is 13.7 Å². The Morgan fingerprint density at radius 3 is 2.41 bits per heavy atom. The second-order valence-corrected chi connectivity index (χ2v) is 6.80. The number of rotatable bonds is 4. The summed E-state index contributed by atoms with van der Waals surface area (Å²) in [7, 11) is -3.50. The SMILES string of the molecule is Cc1ccc(-c2ccccc2C#N)c(C)c1COS(C)(=O)=O. The highest BCUT2D eigenvalue weighted by atomic mass is 32.2. The van der Waals surface area contributed by atoms with E-state index in [1.54, 1.807) is 6.07 Å². The molecule has 114 valence electrons. The van der Waals surface area contributed by atoms with Gasteiger partial charge >= 0.3 is 0 Å². The predicted molar refractivity (Wildman–Crippen MR) is 85.7 cm³/mol. The first-order chi connectivity index (χ1) is 10.3. The van der Waals surface area contributed by atoms with Crippen LogP contribution in [0, 0.1) is 25.2 Å². The third-order valence-corrected chi connectivity index (χ3v) is 4.13. The summed E-state index contributed by atoms with van der Waals surface area (Å²) in [5.41, 5.74) is 5.05. The van der Waals surface area contributed by atoms with Crippen molar-refractivity contribution in [3.63, 3.8) is 0 Å². The van der Waals surface area contributed by atoms with E-state index in [1.807, 2.05) is 44.2 Å². The van der Waals surface area contributed by atoms with Gasteiger partial charge in [0.05, 0.1) is 24.5 Å². The van der Waals surface area contributed by atoms with Crippen LogP contribution in [0.25, 0.3) is 11.1 Å². The molecule has 0 N–H and O–H groups in total. The lowest BCUT2D eigenvalue weighted by Crippen LogP contribution is -2.06. The lowest BCUT2D eigenvalue weighted by atomic mass is 9.91. The van der Waals surface area contributed by atoms with Crippen molar-refractivity contribution in [1.82, 2.24) is 0 Å². The summed E-state index contributed by atoms with van der Waals surface area (Å²) < 4.78 is 27.4.